The second-order valence-electron chi connectivity index (χ2n) is 33.8. The minimum Gasteiger partial charge on any atom is -0.462 e. The molecule has 19 heteroatoms. The molecular weight excluding hydrogens is 1410 g/mol. The van der Waals surface area contributed by atoms with Gasteiger partial charge in [-0.2, -0.15) is 0 Å². The number of hydrogen-bond acceptors (Lipinski definition) is 15. The lowest BCUT2D eigenvalue weighted by Crippen LogP contribution is -2.30. The topological polar surface area (TPSA) is 237 Å². The maximum atomic E-state index is 13.2. The summed E-state index contributed by atoms with van der Waals surface area (Å²) in [4.78, 5) is 73.4. The fourth-order valence-electron chi connectivity index (χ4n) is 14.0. The monoisotopic (exact) mass is 1590 g/mol. The first-order chi connectivity index (χ1) is 52.7. The van der Waals surface area contributed by atoms with Crippen LogP contribution in [0.3, 0.4) is 0 Å². The van der Waals surface area contributed by atoms with E-state index < -0.39 is 97.5 Å². The molecular formula is C90H176O17P2. The molecule has 648 valence electrons. The van der Waals surface area contributed by atoms with E-state index in [0.29, 0.717) is 25.7 Å². The number of phosphoric acid groups is 2. The van der Waals surface area contributed by atoms with Gasteiger partial charge in [0, 0.05) is 25.7 Å². The zero-order valence-corrected chi connectivity index (χ0v) is 74.0. The highest BCUT2D eigenvalue weighted by Gasteiger charge is 2.31. The van der Waals surface area contributed by atoms with Crippen LogP contribution in [0.5, 0.6) is 0 Å². The van der Waals surface area contributed by atoms with Gasteiger partial charge in [-0.3, -0.25) is 37.3 Å². The Balaban J connectivity index is 5.24. The Kier molecular flexibility index (Phi) is 77.2. The van der Waals surface area contributed by atoms with E-state index in [2.05, 4.69) is 55.4 Å². The maximum Gasteiger partial charge on any atom is 0.472 e. The van der Waals surface area contributed by atoms with Gasteiger partial charge in [-0.1, -0.05) is 421 Å². The number of phosphoric ester groups is 2. The van der Waals surface area contributed by atoms with Crippen molar-refractivity contribution in [3.63, 3.8) is 0 Å². The number of carbonyl (C=O) groups excluding carboxylic acids is 4. The van der Waals surface area contributed by atoms with Crippen LogP contribution in [-0.2, 0) is 65.4 Å². The van der Waals surface area contributed by atoms with Crippen LogP contribution in [0.25, 0.3) is 0 Å². The van der Waals surface area contributed by atoms with E-state index in [1.807, 2.05) is 0 Å². The highest BCUT2D eigenvalue weighted by atomic mass is 31.2. The molecule has 0 fully saturated rings. The van der Waals surface area contributed by atoms with E-state index in [9.17, 15) is 43.2 Å². The van der Waals surface area contributed by atoms with Crippen molar-refractivity contribution in [1.29, 1.82) is 0 Å². The molecule has 0 aromatic heterocycles. The zero-order valence-electron chi connectivity index (χ0n) is 72.2. The van der Waals surface area contributed by atoms with Gasteiger partial charge in [0.1, 0.15) is 19.3 Å². The summed E-state index contributed by atoms with van der Waals surface area (Å²) in [5.74, 6) is 1.13. The molecule has 0 amide bonds. The molecule has 17 nitrogen and oxygen atoms in total. The number of ether oxygens (including phenoxy) is 4. The SMILES string of the molecule is CCC(C)CCCCCCCCCCCCCCCCCCCCC(=O)O[C@H](COC(=O)CCCCCCCCCCCCCCCCCCCCC(C)C)COP(=O)(O)OC[C@@H](O)COP(=O)(O)OC[C@@H](COC(=O)CCCCCCCCCCC(C)CC)OC(=O)CCCCCCCCCCCCCC(C)C. The smallest absolute Gasteiger partial charge is 0.462 e. The van der Waals surface area contributed by atoms with Gasteiger partial charge in [-0.05, 0) is 49.4 Å². The van der Waals surface area contributed by atoms with E-state index in [-0.39, 0.29) is 25.7 Å². The number of aliphatic hydroxyl groups excluding tert-OH is 1. The lowest BCUT2D eigenvalue weighted by molar-refractivity contribution is -0.161. The van der Waals surface area contributed by atoms with Crippen molar-refractivity contribution in [2.75, 3.05) is 39.6 Å². The first-order valence-corrected chi connectivity index (χ1v) is 49.3. The molecule has 4 unspecified atom stereocenters. The summed E-state index contributed by atoms with van der Waals surface area (Å²) in [5.41, 5.74) is 0. The number of hydrogen-bond donors (Lipinski definition) is 3. The van der Waals surface area contributed by atoms with Crippen LogP contribution in [0.2, 0.25) is 0 Å². The third kappa shape index (κ3) is 81.0. The minimum atomic E-state index is -4.97. The fraction of sp³-hybridized carbons (Fsp3) is 0.956. The van der Waals surface area contributed by atoms with Crippen molar-refractivity contribution in [2.45, 2.75) is 491 Å². The fourth-order valence-corrected chi connectivity index (χ4v) is 15.5. The van der Waals surface area contributed by atoms with E-state index in [1.165, 1.54) is 276 Å². The van der Waals surface area contributed by atoms with Crippen LogP contribution in [-0.4, -0.2) is 96.7 Å². The Bertz CT molecular complexity index is 2110. The van der Waals surface area contributed by atoms with Crippen molar-refractivity contribution in [2.24, 2.45) is 23.7 Å². The summed E-state index contributed by atoms with van der Waals surface area (Å²) >= 11 is 0. The molecule has 0 aliphatic carbocycles. The van der Waals surface area contributed by atoms with Gasteiger partial charge in [0.15, 0.2) is 12.2 Å². The second-order valence-corrected chi connectivity index (χ2v) is 36.7. The van der Waals surface area contributed by atoms with Crippen molar-refractivity contribution in [3.8, 4) is 0 Å². The van der Waals surface area contributed by atoms with Gasteiger partial charge >= 0.3 is 39.5 Å². The third-order valence-electron chi connectivity index (χ3n) is 21.8. The molecule has 0 saturated carbocycles. The Morgan fingerprint density at radius 2 is 0.440 bits per heavy atom. The lowest BCUT2D eigenvalue weighted by Gasteiger charge is -2.21. The first-order valence-electron chi connectivity index (χ1n) is 46.3. The average molecular weight is 1590 g/mol. The average Bonchev–Trinajstić information content (AvgIpc) is 0.897. The van der Waals surface area contributed by atoms with Crippen LogP contribution in [0.1, 0.15) is 473 Å². The number of rotatable bonds is 87. The number of carbonyl (C=O) groups is 4. The van der Waals surface area contributed by atoms with Crippen molar-refractivity contribution in [3.05, 3.63) is 0 Å². The molecule has 0 aliphatic rings. The van der Waals surface area contributed by atoms with Crippen molar-refractivity contribution >= 4 is 39.5 Å². The molecule has 0 rings (SSSR count). The van der Waals surface area contributed by atoms with Gasteiger partial charge in [0.25, 0.3) is 0 Å². The zero-order chi connectivity index (χ0) is 80.2. The standard InChI is InChI=1S/C90H176O17P2/c1-9-82(7)68-60-52-44-36-30-24-20-16-12-14-18-22-26-32-38-48-56-64-72-89(94)106-85(76-100-87(92)70-62-54-46-37-31-25-21-17-13-11-15-19-23-28-34-42-50-58-66-80(3)4)78-104-108(96,97)102-74-84(91)75-103-109(98,99)105-79-86(77-101-88(93)71-63-55-47-41-40-45-53-61-69-83(8)10-2)107-90(95)73-65-57-49-39-33-27-29-35-43-51-59-67-81(5)6/h80-86,91H,9-79H2,1-8H3,(H,96,97)(H,98,99)/t82?,83?,84-,85-,86-/m1/s1. The third-order valence-corrected chi connectivity index (χ3v) is 23.7. The van der Waals surface area contributed by atoms with Gasteiger partial charge in [-0.25, -0.2) is 9.13 Å². The van der Waals surface area contributed by atoms with Crippen LogP contribution in [0.15, 0.2) is 0 Å². The molecule has 109 heavy (non-hydrogen) atoms. The van der Waals surface area contributed by atoms with Gasteiger partial charge in [0.2, 0.25) is 0 Å². The van der Waals surface area contributed by atoms with E-state index in [0.717, 1.165) is 114 Å². The summed E-state index contributed by atoms with van der Waals surface area (Å²) in [6.07, 6.45) is 69.4. The predicted octanol–water partition coefficient (Wildman–Crippen LogP) is 27.5. The predicted molar refractivity (Wildman–Crippen MR) is 451 cm³/mol. The second kappa shape index (κ2) is 78.6. The molecule has 7 atom stereocenters. The summed E-state index contributed by atoms with van der Waals surface area (Å²) < 4.78 is 69.0. The van der Waals surface area contributed by atoms with Gasteiger partial charge < -0.3 is 33.8 Å². The van der Waals surface area contributed by atoms with Gasteiger partial charge in [0.05, 0.1) is 26.4 Å². The largest absolute Gasteiger partial charge is 0.472 e. The van der Waals surface area contributed by atoms with Crippen molar-refractivity contribution in [1.82, 2.24) is 0 Å². The molecule has 0 aromatic carbocycles. The molecule has 0 saturated heterocycles. The highest BCUT2D eigenvalue weighted by Crippen LogP contribution is 2.45. The normalized spacial score (nSPS) is 14.4. The Morgan fingerprint density at radius 3 is 0.651 bits per heavy atom. The van der Waals surface area contributed by atoms with Crippen molar-refractivity contribution < 1.29 is 80.2 Å². The lowest BCUT2D eigenvalue weighted by atomic mass is 9.99. The molecule has 0 aromatic rings. The Hall–Kier alpha value is -1.94. The first kappa shape index (κ1) is 107. The molecule has 0 radical (unpaired) electrons. The van der Waals surface area contributed by atoms with Crippen LogP contribution in [0, 0.1) is 23.7 Å². The van der Waals surface area contributed by atoms with Crippen LogP contribution >= 0.6 is 15.6 Å². The number of aliphatic hydroxyl groups is 1. The van der Waals surface area contributed by atoms with E-state index >= 15 is 0 Å². The molecule has 0 aliphatic heterocycles. The highest BCUT2D eigenvalue weighted by molar-refractivity contribution is 7.47. The number of unbranched alkanes of at least 4 members (excludes halogenated alkanes) is 51. The summed E-state index contributed by atoms with van der Waals surface area (Å²) in [6.45, 7) is 14.4. The summed E-state index contributed by atoms with van der Waals surface area (Å²) in [7, 11) is -9.94. The van der Waals surface area contributed by atoms with E-state index in [4.69, 9.17) is 37.0 Å². The molecule has 0 spiro atoms. The van der Waals surface area contributed by atoms with Gasteiger partial charge in [-0.15, -0.1) is 0 Å². The maximum absolute atomic E-state index is 13.2. The molecule has 3 N–H and O–H groups in total. The summed E-state index contributed by atoms with van der Waals surface area (Å²) in [6, 6.07) is 0. The van der Waals surface area contributed by atoms with Crippen LogP contribution in [0.4, 0.5) is 0 Å². The van der Waals surface area contributed by atoms with E-state index in [1.54, 1.807) is 0 Å². The van der Waals surface area contributed by atoms with Crippen LogP contribution < -0.4 is 0 Å². The Morgan fingerprint density at radius 1 is 0.257 bits per heavy atom. The molecule has 0 bridgehead atoms. The minimum absolute atomic E-state index is 0.106. The summed E-state index contributed by atoms with van der Waals surface area (Å²) in [5, 5.41) is 10.7. The number of esters is 4. The Labute approximate surface area is 670 Å². The quantitative estimate of drug-likeness (QED) is 0.0222. The molecule has 0 heterocycles.